The Labute approximate surface area is 272 Å². The highest BCUT2D eigenvalue weighted by atomic mass is 32.2. The van der Waals surface area contributed by atoms with Gasteiger partial charge in [-0.05, 0) is 73.2 Å². The van der Waals surface area contributed by atoms with Crippen molar-refractivity contribution < 1.29 is 31.5 Å². The summed E-state index contributed by atoms with van der Waals surface area (Å²) in [5.41, 5.74) is 3.48. The predicted molar refractivity (Wildman–Crippen MR) is 171 cm³/mol. The molecule has 1 aromatic heterocycles. The molecule has 5 rings (SSSR count). The lowest BCUT2D eigenvalue weighted by Gasteiger charge is -2.26. The summed E-state index contributed by atoms with van der Waals surface area (Å²) in [4.78, 5) is 19.5. The second-order valence-corrected chi connectivity index (χ2v) is 13.5. The molecule has 1 saturated heterocycles. The van der Waals surface area contributed by atoms with E-state index < -0.39 is 28.4 Å². The molecular formula is C34H35F2N5O5S. The summed E-state index contributed by atoms with van der Waals surface area (Å²) in [5, 5.41) is 12.2. The molecule has 0 aliphatic carbocycles. The van der Waals surface area contributed by atoms with Crippen LogP contribution < -0.4 is 15.0 Å². The van der Waals surface area contributed by atoms with Crippen LogP contribution in [0, 0.1) is 18.3 Å². The summed E-state index contributed by atoms with van der Waals surface area (Å²) in [6.07, 6.45) is 3.79. The van der Waals surface area contributed by atoms with Crippen molar-refractivity contribution in [1.82, 2.24) is 14.9 Å². The van der Waals surface area contributed by atoms with Crippen LogP contribution in [0.3, 0.4) is 0 Å². The number of nitrogens with one attached hydrogen (secondary N) is 1. The summed E-state index contributed by atoms with van der Waals surface area (Å²) < 4.78 is 63.1. The Hall–Kier alpha value is -4.80. The molecule has 0 unspecified atom stereocenters. The Balaban J connectivity index is 1.26. The van der Waals surface area contributed by atoms with Crippen LogP contribution >= 0.6 is 0 Å². The molecule has 13 heteroatoms. The minimum absolute atomic E-state index is 0.0172. The quantitative estimate of drug-likeness (QED) is 0.195. The van der Waals surface area contributed by atoms with Gasteiger partial charge in [-0.25, -0.2) is 13.4 Å². The van der Waals surface area contributed by atoms with E-state index in [0.29, 0.717) is 35.5 Å². The van der Waals surface area contributed by atoms with Crippen molar-refractivity contribution in [3.63, 3.8) is 0 Å². The van der Waals surface area contributed by atoms with Gasteiger partial charge in [0.15, 0.2) is 9.84 Å². The van der Waals surface area contributed by atoms with Gasteiger partial charge in [0.1, 0.15) is 11.9 Å². The molecule has 1 aliphatic rings. The molecule has 4 aromatic rings. The zero-order valence-electron chi connectivity index (χ0n) is 25.9. The van der Waals surface area contributed by atoms with Gasteiger partial charge in [-0.2, -0.15) is 14.0 Å². The number of nitriles is 1. The maximum atomic E-state index is 13.2. The standard InChI is InChI=1S/C34H35F2N5O5S/c1-3-47(43,44)31-14-6-24(7-15-31)32(16-17-37)39-33(42)25-4-8-27(9-5-25)41-20-30(18-28(41)21-45-34(35)36)46-29-12-10-26(11-13-29)40-19-23(2)38-22-40/h4-15,19,22,28,30,32,34H,3,16,18,20-21H2,1-2H3,(H,39,42)/t28-,30-,32-/m0/s1. The molecule has 1 amide bonds. The monoisotopic (exact) mass is 663 g/mol. The number of rotatable bonds is 13. The average Bonchev–Trinajstić information content (AvgIpc) is 3.69. The van der Waals surface area contributed by atoms with Crippen molar-refractivity contribution in [2.75, 3.05) is 23.8 Å². The van der Waals surface area contributed by atoms with Crippen LogP contribution in [0.5, 0.6) is 5.75 Å². The minimum atomic E-state index is -3.38. The summed E-state index contributed by atoms with van der Waals surface area (Å²) in [6.45, 7) is 0.781. The van der Waals surface area contributed by atoms with E-state index in [1.807, 2.05) is 46.9 Å². The lowest BCUT2D eigenvalue weighted by atomic mass is 10.0. The van der Waals surface area contributed by atoms with Gasteiger partial charge < -0.3 is 24.3 Å². The maximum Gasteiger partial charge on any atom is 0.345 e. The Kier molecular flexibility index (Phi) is 10.5. The van der Waals surface area contributed by atoms with E-state index in [-0.39, 0.29) is 35.8 Å². The molecule has 3 aromatic carbocycles. The number of aryl methyl sites for hydroxylation is 1. The molecule has 246 valence electrons. The Morgan fingerprint density at radius 2 is 1.74 bits per heavy atom. The first-order valence-corrected chi connectivity index (χ1v) is 16.8. The summed E-state index contributed by atoms with van der Waals surface area (Å²) in [5.74, 6) is 0.190. The van der Waals surface area contributed by atoms with Crippen molar-refractivity contribution >= 4 is 21.4 Å². The number of imidazole rings is 1. The second kappa shape index (κ2) is 14.7. The topological polar surface area (TPSA) is 127 Å². The predicted octanol–water partition coefficient (Wildman–Crippen LogP) is 5.62. The van der Waals surface area contributed by atoms with Crippen LogP contribution in [0.25, 0.3) is 5.69 Å². The van der Waals surface area contributed by atoms with Crippen LogP contribution in [0.4, 0.5) is 14.5 Å². The fraction of sp³-hybridized carbons (Fsp3) is 0.324. The number of anilines is 1. The molecular weight excluding hydrogens is 628 g/mol. The number of amides is 1. The number of nitrogens with zero attached hydrogens (tertiary/aromatic N) is 4. The van der Waals surface area contributed by atoms with Gasteiger partial charge in [0.05, 0.1) is 60.4 Å². The smallest absolute Gasteiger partial charge is 0.345 e. The molecule has 1 aliphatic heterocycles. The lowest BCUT2D eigenvalue weighted by molar-refractivity contribution is -0.131. The first-order valence-electron chi connectivity index (χ1n) is 15.1. The third kappa shape index (κ3) is 8.33. The molecule has 0 radical (unpaired) electrons. The van der Waals surface area contributed by atoms with E-state index in [0.717, 1.165) is 11.4 Å². The zero-order chi connectivity index (χ0) is 33.6. The fourth-order valence-electron chi connectivity index (χ4n) is 5.53. The average molecular weight is 664 g/mol. The third-order valence-electron chi connectivity index (χ3n) is 8.02. The third-order valence-corrected chi connectivity index (χ3v) is 9.77. The largest absolute Gasteiger partial charge is 0.489 e. The number of benzene rings is 3. The first-order chi connectivity index (χ1) is 22.6. The zero-order valence-corrected chi connectivity index (χ0v) is 26.7. The maximum absolute atomic E-state index is 13.2. The Bertz CT molecular complexity index is 1810. The molecule has 10 nitrogen and oxygen atoms in total. The molecule has 2 heterocycles. The van der Waals surface area contributed by atoms with Crippen molar-refractivity contribution in [1.29, 1.82) is 5.26 Å². The van der Waals surface area contributed by atoms with E-state index in [4.69, 9.17) is 4.74 Å². The Morgan fingerprint density at radius 1 is 1.06 bits per heavy atom. The molecule has 3 atom stereocenters. The van der Waals surface area contributed by atoms with Crippen LogP contribution in [-0.4, -0.2) is 61.5 Å². The number of hydrogen-bond donors (Lipinski definition) is 1. The van der Waals surface area contributed by atoms with E-state index in [9.17, 15) is 27.3 Å². The second-order valence-electron chi connectivity index (χ2n) is 11.2. The number of halogens is 2. The van der Waals surface area contributed by atoms with Gasteiger partial charge >= 0.3 is 6.61 Å². The van der Waals surface area contributed by atoms with Crippen molar-refractivity contribution in [2.45, 2.75) is 56.4 Å². The van der Waals surface area contributed by atoms with Crippen LogP contribution in [0.15, 0.2) is 90.2 Å². The highest BCUT2D eigenvalue weighted by Crippen LogP contribution is 2.30. The lowest BCUT2D eigenvalue weighted by Crippen LogP contribution is -2.34. The normalized spacial score (nSPS) is 17.0. The SMILES string of the molecule is CCS(=O)(=O)c1ccc([C@H](CC#N)NC(=O)c2ccc(N3C[C@@H](Oc4ccc(-n5cnc(C)c5)cc4)C[C@H]3COC(F)F)cc2)cc1. The summed E-state index contributed by atoms with van der Waals surface area (Å²) >= 11 is 0. The van der Waals surface area contributed by atoms with E-state index in [2.05, 4.69) is 21.1 Å². The highest BCUT2D eigenvalue weighted by Gasteiger charge is 2.34. The van der Waals surface area contributed by atoms with Gasteiger partial charge in [0.2, 0.25) is 0 Å². The van der Waals surface area contributed by atoms with Crippen LogP contribution in [0.1, 0.15) is 47.4 Å². The number of hydrogen-bond acceptors (Lipinski definition) is 8. The van der Waals surface area contributed by atoms with E-state index in [1.165, 1.54) is 12.1 Å². The number of ether oxygens (including phenoxy) is 2. The Morgan fingerprint density at radius 3 is 2.34 bits per heavy atom. The minimum Gasteiger partial charge on any atom is -0.489 e. The van der Waals surface area contributed by atoms with Gasteiger partial charge in [-0.15, -0.1) is 0 Å². The molecule has 0 bridgehead atoms. The van der Waals surface area contributed by atoms with Crippen LogP contribution in [-0.2, 0) is 14.6 Å². The highest BCUT2D eigenvalue weighted by molar-refractivity contribution is 7.91. The molecule has 47 heavy (non-hydrogen) atoms. The van der Waals surface area contributed by atoms with Gasteiger partial charge in [0, 0.05) is 29.6 Å². The van der Waals surface area contributed by atoms with Crippen molar-refractivity contribution in [3.05, 3.63) is 102 Å². The van der Waals surface area contributed by atoms with Crippen molar-refractivity contribution in [2.24, 2.45) is 0 Å². The van der Waals surface area contributed by atoms with Crippen LogP contribution in [0.2, 0.25) is 0 Å². The van der Waals surface area contributed by atoms with Crippen molar-refractivity contribution in [3.8, 4) is 17.5 Å². The summed E-state index contributed by atoms with van der Waals surface area (Å²) in [6, 6.07) is 21.4. The molecule has 0 saturated carbocycles. The number of carbonyl (C=O) groups excluding carboxylic acids is 1. The van der Waals surface area contributed by atoms with Gasteiger partial charge in [-0.1, -0.05) is 19.1 Å². The van der Waals surface area contributed by atoms with Gasteiger partial charge in [-0.3, -0.25) is 4.79 Å². The van der Waals surface area contributed by atoms with E-state index in [1.54, 1.807) is 49.6 Å². The number of alkyl halides is 2. The number of sulfone groups is 1. The summed E-state index contributed by atoms with van der Waals surface area (Å²) in [7, 11) is -3.38. The first kappa shape index (κ1) is 33.6. The molecule has 0 spiro atoms. The number of carbonyl (C=O) groups is 1. The number of aromatic nitrogens is 2. The fourth-order valence-corrected chi connectivity index (χ4v) is 6.42. The molecule has 1 N–H and O–H groups in total. The van der Waals surface area contributed by atoms with Gasteiger partial charge in [0.25, 0.3) is 5.91 Å². The molecule has 1 fully saturated rings. The van der Waals surface area contributed by atoms with E-state index >= 15 is 0 Å².